The summed E-state index contributed by atoms with van der Waals surface area (Å²) in [7, 11) is 0. The molecule has 7 nitrogen and oxygen atoms in total. The minimum Gasteiger partial charge on any atom is -0.457 e. The van der Waals surface area contributed by atoms with E-state index in [9.17, 15) is 10.1 Å². The molecule has 0 spiro atoms. The first kappa shape index (κ1) is 22.3. The number of hydrogen-bond donors (Lipinski definition) is 1. The molecule has 1 aliphatic rings. The van der Waals surface area contributed by atoms with Gasteiger partial charge in [0.25, 0.3) is 0 Å². The molecule has 0 aromatic heterocycles. The van der Waals surface area contributed by atoms with Crippen molar-refractivity contribution in [1.29, 1.82) is 5.26 Å². The van der Waals surface area contributed by atoms with Gasteiger partial charge in [0.1, 0.15) is 23.3 Å². The van der Waals surface area contributed by atoms with Gasteiger partial charge in [-0.3, -0.25) is 5.43 Å². The maximum Gasteiger partial charge on any atom is 0.330 e. The highest BCUT2D eigenvalue weighted by Gasteiger charge is 2.30. The quantitative estimate of drug-likeness (QED) is 0.523. The molecule has 0 radical (unpaired) electrons. The first-order valence-electron chi connectivity index (χ1n) is 10.4. The Morgan fingerprint density at radius 1 is 1.13 bits per heavy atom. The van der Waals surface area contributed by atoms with Gasteiger partial charge in [-0.25, -0.2) is 4.79 Å². The summed E-state index contributed by atoms with van der Waals surface area (Å²) in [4.78, 5) is 17.7. The van der Waals surface area contributed by atoms with Crippen molar-refractivity contribution in [2.75, 3.05) is 18.5 Å². The van der Waals surface area contributed by atoms with E-state index in [1.54, 1.807) is 5.06 Å². The standard InChI is InChI=1S/C24H28N4O3/c1-24(2,3)23(29)31-28-15-7-8-18(17-28)22(16-25)27-26-19-11-13-21(14-12-19)30-20-9-5-4-6-10-20/h4-6,9-14,18,26H,7-8,15,17H2,1-3H3/b27-22+. The number of rotatable bonds is 6. The zero-order chi connectivity index (χ0) is 22.3. The Morgan fingerprint density at radius 3 is 2.45 bits per heavy atom. The molecule has 0 saturated carbocycles. The number of hydroxylamine groups is 2. The summed E-state index contributed by atoms with van der Waals surface area (Å²) in [6.45, 7) is 6.57. The molecular formula is C24H28N4O3. The number of anilines is 1. The molecule has 1 aliphatic heterocycles. The van der Waals surface area contributed by atoms with Crippen molar-refractivity contribution >= 4 is 17.4 Å². The van der Waals surface area contributed by atoms with Crippen LogP contribution in [0.15, 0.2) is 59.7 Å². The van der Waals surface area contributed by atoms with E-state index in [0.717, 1.165) is 24.3 Å². The van der Waals surface area contributed by atoms with Crippen LogP contribution in [0, 0.1) is 22.7 Å². The highest BCUT2D eigenvalue weighted by Crippen LogP contribution is 2.24. The molecule has 31 heavy (non-hydrogen) atoms. The normalized spacial score (nSPS) is 17.5. The number of hydrogen-bond acceptors (Lipinski definition) is 7. The van der Waals surface area contributed by atoms with Gasteiger partial charge in [-0.2, -0.15) is 10.4 Å². The van der Waals surface area contributed by atoms with Crippen molar-refractivity contribution < 1.29 is 14.4 Å². The SMILES string of the molecule is CC(C)(C)C(=O)ON1CCCC(/C(C#N)=N/Nc2ccc(Oc3ccccc3)cc2)C1. The predicted octanol–water partition coefficient (Wildman–Crippen LogP) is 4.99. The zero-order valence-electron chi connectivity index (χ0n) is 18.2. The number of hydrazone groups is 1. The smallest absolute Gasteiger partial charge is 0.330 e. The van der Waals surface area contributed by atoms with Crippen LogP contribution >= 0.6 is 0 Å². The van der Waals surface area contributed by atoms with Crippen molar-refractivity contribution in [2.24, 2.45) is 16.4 Å². The number of ether oxygens (including phenoxy) is 1. The van der Waals surface area contributed by atoms with Crippen LogP contribution in [0.2, 0.25) is 0 Å². The van der Waals surface area contributed by atoms with Crippen LogP contribution < -0.4 is 10.2 Å². The first-order valence-corrected chi connectivity index (χ1v) is 10.4. The molecule has 3 rings (SSSR count). The molecule has 0 amide bonds. The fourth-order valence-corrected chi connectivity index (χ4v) is 3.06. The largest absolute Gasteiger partial charge is 0.457 e. The number of carbonyl (C=O) groups is 1. The van der Waals surface area contributed by atoms with Gasteiger partial charge in [-0.1, -0.05) is 18.2 Å². The maximum atomic E-state index is 12.2. The Balaban J connectivity index is 1.58. The predicted molar refractivity (Wildman–Crippen MR) is 119 cm³/mol. The number of piperidine rings is 1. The lowest BCUT2D eigenvalue weighted by atomic mass is 9.94. The molecule has 2 aromatic rings. The Kier molecular flexibility index (Phi) is 7.27. The van der Waals surface area contributed by atoms with Crippen molar-refractivity contribution in [2.45, 2.75) is 33.6 Å². The molecule has 0 bridgehead atoms. The second kappa shape index (κ2) is 10.1. The van der Waals surface area contributed by atoms with E-state index in [1.165, 1.54) is 0 Å². The third kappa shape index (κ3) is 6.56. The van der Waals surface area contributed by atoms with Gasteiger partial charge in [-0.05, 0) is 70.0 Å². The number of benzene rings is 2. The molecule has 1 heterocycles. The minimum absolute atomic E-state index is 0.0975. The fraction of sp³-hybridized carbons (Fsp3) is 0.375. The number of carbonyl (C=O) groups excluding carboxylic acids is 1. The van der Waals surface area contributed by atoms with Crippen molar-refractivity contribution in [3.63, 3.8) is 0 Å². The molecule has 7 heteroatoms. The lowest BCUT2D eigenvalue weighted by molar-refractivity contribution is -0.205. The number of nitriles is 1. The Bertz CT molecular complexity index is 944. The summed E-state index contributed by atoms with van der Waals surface area (Å²) < 4.78 is 5.78. The molecule has 1 atom stereocenters. The van der Waals surface area contributed by atoms with Gasteiger partial charge in [0, 0.05) is 19.0 Å². The average Bonchev–Trinajstić information content (AvgIpc) is 2.76. The van der Waals surface area contributed by atoms with Gasteiger partial charge in [0.2, 0.25) is 0 Å². The lowest BCUT2D eigenvalue weighted by Gasteiger charge is -2.32. The molecule has 1 fully saturated rings. The van der Waals surface area contributed by atoms with E-state index >= 15 is 0 Å². The highest BCUT2D eigenvalue weighted by atomic mass is 16.7. The lowest BCUT2D eigenvalue weighted by Crippen LogP contribution is -2.42. The van der Waals surface area contributed by atoms with Crippen LogP contribution in [-0.2, 0) is 9.63 Å². The van der Waals surface area contributed by atoms with E-state index in [2.05, 4.69) is 16.6 Å². The average molecular weight is 421 g/mol. The van der Waals surface area contributed by atoms with Crippen LogP contribution in [0.3, 0.4) is 0 Å². The van der Waals surface area contributed by atoms with Crippen molar-refractivity contribution in [1.82, 2.24) is 5.06 Å². The summed E-state index contributed by atoms with van der Waals surface area (Å²) >= 11 is 0. The summed E-state index contributed by atoms with van der Waals surface area (Å²) in [5, 5.41) is 15.5. The van der Waals surface area contributed by atoms with E-state index in [-0.39, 0.29) is 11.9 Å². The van der Waals surface area contributed by atoms with E-state index in [0.29, 0.717) is 24.6 Å². The Labute approximate surface area is 183 Å². The van der Waals surface area contributed by atoms with Gasteiger partial charge in [-0.15, -0.1) is 5.06 Å². The molecule has 1 N–H and O–H groups in total. The van der Waals surface area contributed by atoms with E-state index < -0.39 is 5.41 Å². The molecular weight excluding hydrogens is 392 g/mol. The molecule has 1 saturated heterocycles. The summed E-state index contributed by atoms with van der Waals surface area (Å²) in [5.41, 5.74) is 3.52. The van der Waals surface area contributed by atoms with Crippen LogP contribution in [0.5, 0.6) is 11.5 Å². The second-order valence-electron chi connectivity index (χ2n) is 8.52. The Hall–Kier alpha value is -3.37. The first-order chi connectivity index (χ1) is 14.8. The third-order valence-electron chi connectivity index (χ3n) is 4.85. The van der Waals surface area contributed by atoms with Crippen molar-refractivity contribution in [3.8, 4) is 17.6 Å². The second-order valence-corrected chi connectivity index (χ2v) is 8.52. The summed E-state index contributed by atoms with van der Waals surface area (Å²) in [6.07, 6.45) is 1.65. The van der Waals surface area contributed by atoms with Crippen LogP contribution in [0.4, 0.5) is 5.69 Å². The molecule has 162 valence electrons. The van der Waals surface area contributed by atoms with Gasteiger partial charge < -0.3 is 9.57 Å². The van der Waals surface area contributed by atoms with Crippen LogP contribution in [0.25, 0.3) is 0 Å². The van der Waals surface area contributed by atoms with E-state index in [1.807, 2.05) is 75.4 Å². The topological polar surface area (TPSA) is 87.0 Å². The minimum atomic E-state index is -0.572. The fourth-order valence-electron chi connectivity index (χ4n) is 3.06. The maximum absolute atomic E-state index is 12.2. The third-order valence-corrected chi connectivity index (χ3v) is 4.85. The number of nitrogens with zero attached hydrogens (tertiary/aromatic N) is 3. The number of nitrogens with one attached hydrogen (secondary N) is 1. The van der Waals surface area contributed by atoms with Crippen LogP contribution in [0.1, 0.15) is 33.6 Å². The van der Waals surface area contributed by atoms with Gasteiger partial charge >= 0.3 is 5.97 Å². The zero-order valence-corrected chi connectivity index (χ0v) is 18.2. The van der Waals surface area contributed by atoms with Gasteiger partial charge in [0.05, 0.1) is 11.1 Å². The van der Waals surface area contributed by atoms with Crippen LogP contribution in [-0.4, -0.2) is 29.8 Å². The number of para-hydroxylation sites is 1. The summed E-state index contributed by atoms with van der Waals surface area (Å²) in [5.74, 6) is 1.10. The molecule has 0 aliphatic carbocycles. The van der Waals surface area contributed by atoms with Gasteiger partial charge in [0.15, 0.2) is 0 Å². The Morgan fingerprint density at radius 2 is 1.81 bits per heavy atom. The van der Waals surface area contributed by atoms with Crippen molar-refractivity contribution in [3.05, 3.63) is 54.6 Å². The molecule has 1 unspecified atom stereocenters. The highest BCUT2D eigenvalue weighted by molar-refractivity contribution is 6.00. The molecule has 2 aromatic carbocycles. The summed E-state index contributed by atoms with van der Waals surface area (Å²) in [6, 6.07) is 19.1. The van der Waals surface area contributed by atoms with E-state index in [4.69, 9.17) is 9.57 Å². The monoisotopic (exact) mass is 420 g/mol.